The molecule has 3 aromatic rings. The number of Topliss-reactive ketones (excluding diaryl/α,β-unsaturated/α-hetero) is 1. The van der Waals surface area contributed by atoms with E-state index in [1.165, 1.54) is 0 Å². The van der Waals surface area contributed by atoms with Crippen LogP contribution >= 0.6 is 11.6 Å². The second-order valence-corrected chi connectivity index (χ2v) is 11.1. The van der Waals surface area contributed by atoms with Crippen molar-refractivity contribution < 1.29 is 19.1 Å². The lowest BCUT2D eigenvalue weighted by atomic mass is 9.71. The van der Waals surface area contributed by atoms with Crippen molar-refractivity contribution in [3.63, 3.8) is 0 Å². The molecule has 0 radical (unpaired) electrons. The van der Waals surface area contributed by atoms with Crippen molar-refractivity contribution in [3.05, 3.63) is 123 Å². The molecule has 6 heteroatoms. The summed E-state index contributed by atoms with van der Waals surface area (Å²) in [5, 5.41) is 4.09. The third-order valence-corrected chi connectivity index (χ3v) is 7.70. The number of halogens is 1. The third kappa shape index (κ3) is 6.00. The maximum Gasteiger partial charge on any atom is 0.336 e. The zero-order chi connectivity index (χ0) is 28.2. The lowest BCUT2D eigenvalue weighted by Gasteiger charge is -2.37. The number of hydrogen-bond donors (Lipinski definition) is 1. The molecular formula is C34H34ClNO4. The molecule has 1 N–H and O–H groups in total. The number of rotatable bonds is 8. The summed E-state index contributed by atoms with van der Waals surface area (Å²) in [7, 11) is 0. The summed E-state index contributed by atoms with van der Waals surface area (Å²) in [4.78, 5) is 27.6. The highest BCUT2D eigenvalue weighted by molar-refractivity contribution is 6.30. The molecule has 2 aliphatic rings. The molecule has 0 saturated heterocycles. The first-order valence-corrected chi connectivity index (χ1v) is 14.2. The zero-order valence-corrected chi connectivity index (χ0v) is 23.8. The van der Waals surface area contributed by atoms with E-state index in [1.807, 2.05) is 99.6 Å². The van der Waals surface area contributed by atoms with Gasteiger partial charge in [-0.3, -0.25) is 4.79 Å². The van der Waals surface area contributed by atoms with Gasteiger partial charge in [0.1, 0.15) is 5.75 Å². The normalized spacial score (nSPS) is 18.9. The van der Waals surface area contributed by atoms with Gasteiger partial charge >= 0.3 is 5.97 Å². The van der Waals surface area contributed by atoms with Gasteiger partial charge in [-0.1, -0.05) is 72.3 Å². The number of hydrogen-bond acceptors (Lipinski definition) is 5. The van der Waals surface area contributed by atoms with E-state index in [-0.39, 0.29) is 24.4 Å². The first-order chi connectivity index (χ1) is 19.3. The molecule has 206 valence electrons. The number of esters is 1. The van der Waals surface area contributed by atoms with Crippen LogP contribution < -0.4 is 10.1 Å². The third-order valence-electron chi connectivity index (χ3n) is 7.45. The summed E-state index contributed by atoms with van der Waals surface area (Å²) < 4.78 is 12.0. The van der Waals surface area contributed by atoms with E-state index in [4.69, 9.17) is 21.1 Å². The van der Waals surface area contributed by atoms with Crippen LogP contribution in [0.15, 0.2) is 101 Å². The van der Waals surface area contributed by atoms with E-state index in [1.54, 1.807) is 0 Å². The fourth-order valence-corrected chi connectivity index (χ4v) is 5.78. The van der Waals surface area contributed by atoms with Crippen LogP contribution in [0.4, 0.5) is 0 Å². The Morgan fingerprint density at radius 2 is 1.68 bits per heavy atom. The summed E-state index contributed by atoms with van der Waals surface area (Å²) in [5.41, 5.74) is 5.55. The predicted molar refractivity (Wildman–Crippen MR) is 157 cm³/mol. The van der Waals surface area contributed by atoms with Crippen LogP contribution in [0, 0.1) is 0 Å². The van der Waals surface area contributed by atoms with Crippen molar-refractivity contribution in [1.29, 1.82) is 0 Å². The monoisotopic (exact) mass is 555 g/mol. The molecule has 0 spiro atoms. The Kier molecular flexibility index (Phi) is 8.41. The number of ketones is 1. The van der Waals surface area contributed by atoms with Gasteiger partial charge in [-0.2, -0.15) is 0 Å². The highest BCUT2D eigenvalue weighted by Gasteiger charge is 2.42. The first kappa shape index (κ1) is 27.7. The first-order valence-electron chi connectivity index (χ1n) is 13.8. The number of para-hydroxylation sites is 1. The van der Waals surface area contributed by atoms with Crippen LogP contribution in [-0.4, -0.2) is 24.5 Å². The van der Waals surface area contributed by atoms with Crippen molar-refractivity contribution in [1.82, 2.24) is 5.32 Å². The Bertz CT molecular complexity index is 1460. The SMILES string of the molecule is CC1=C(C(=O)OCCc2ccccc2)[C@@H](c2ccccc2OC(C)C)C2=C(C[C@H](c3ccc(Cl)cc3)CC2=O)N1. The van der Waals surface area contributed by atoms with Gasteiger partial charge in [-0.25, -0.2) is 4.79 Å². The smallest absolute Gasteiger partial charge is 0.336 e. The minimum Gasteiger partial charge on any atom is -0.491 e. The molecule has 0 unspecified atom stereocenters. The Morgan fingerprint density at radius 1 is 0.975 bits per heavy atom. The van der Waals surface area contributed by atoms with Gasteiger partial charge in [0.15, 0.2) is 5.78 Å². The minimum atomic E-state index is -0.589. The molecule has 5 rings (SSSR count). The summed E-state index contributed by atoms with van der Waals surface area (Å²) in [5.74, 6) is -0.323. The van der Waals surface area contributed by atoms with Gasteiger partial charge in [0, 0.05) is 40.4 Å². The topological polar surface area (TPSA) is 64.6 Å². The van der Waals surface area contributed by atoms with Crippen LogP contribution in [-0.2, 0) is 20.7 Å². The zero-order valence-electron chi connectivity index (χ0n) is 23.1. The van der Waals surface area contributed by atoms with E-state index in [9.17, 15) is 9.59 Å². The number of carbonyl (C=O) groups excluding carboxylic acids is 2. The number of ether oxygens (including phenoxy) is 2. The molecule has 1 aliphatic carbocycles. The molecule has 0 fully saturated rings. The van der Waals surface area contributed by atoms with Crippen LogP contribution in [0.25, 0.3) is 0 Å². The fourth-order valence-electron chi connectivity index (χ4n) is 5.66. The maximum absolute atomic E-state index is 13.9. The van der Waals surface area contributed by atoms with E-state index in [2.05, 4.69) is 5.32 Å². The average Bonchev–Trinajstić information content (AvgIpc) is 2.93. The highest BCUT2D eigenvalue weighted by Crippen LogP contribution is 2.47. The van der Waals surface area contributed by atoms with Gasteiger partial charge < -0.3 is 14.8 Å². The molecule has 40 heavy (non-hydrogen) atoms. The van der Waals surface area contributed by atoms with Crippen molar-refractivity contribution in [2.45, 2.75) is 58.0 Å². The van der Waals surface area contributed by atoms with Gasteiger partial charge in [-0.05, 0) is 62.4 Å². The fraction of sp³-hybridized carbons (Fsp3) is 0.294. The molecular weight excluding hydrogens is 522 g/mol. The minimum absolute atomic E-state index is 0.0140. The molecule has 0 aromatic heterocycles. The molecule has 1 heterocycles. The van der Waals surface area contributed by atoms with Crippen LogP contribution in [0.2, 0.25) is 5.02 Å². The average molecular weight is 556 g/mol. The number of carbonyl (C=O) groups is 2. The summed E-state index contributed by atoms with van der Waals surface area (Å²) in [6.07, 6.45) is 1.54. The lowest BCUT2D eigenvalue weighted by molar-refractivity contribution is -0.139. The number of allylic oxidation sites excluding steroid dienone is 3. The van der Waals surface area contributed by atoms with E-state index >= 15 is 0 Å². The second kappa shape index (κ2) is 12.1. The van der Waals surface area contributed by atoms with Crippen LogP contribution in [0.1, 0.15) is 62.1 Å². The van der Waals surface area contributed by atoms with Gasteiger partial charge in [-0.15, -0.1) is 0 Å². The Balaban J connectivity index is 1.51. The van der Waals surface area contributed by atoms with Crippen LogP contribution in [0.3, 0.4) is 0 Å². The molecule has 0 saturated carbocycles. The predicted octanol–water partition coefficient (Wildman–Crippen LogP) is 7.27. The summed E-state index contributed by atoms with van der Waals surface area (Å²) >= 11 is 6.11. The molecule has 5 nitrogen and oxygen atoms in total. The Labute approximate surface area is 240 Å². The van der Waals surface area contributed by atoms with E-state index in [0.717, 1.165) is 22.4 Å². The van der Waals surface area contributed by atoms with Crippen molar-refractivity contribution in [3.8, 4) is 5.75 Å². The highest BCUT2D eigenvalue weighted by atomic mass is 35.5. The molecule has 0 amide bonds. The summed E-state index contributed by atoms with van der Waals surface area (Å²) in [6, 6.07) is 25.3. The maximum atomic E-state index is 13.9. The largest absolute Gasteiger partial charge is 0.491 e. The number of nitrogens with one attached hydrogen (secondary N) is 1. The Hall–Kier alpha value is -3.83. The number of benzene rings is 3. The lowest BCUT2D eigenvalue weighted by Crippen LogP contribution is -2.36. The van der Waals surface area contributed by atoms with Gasteiger partial charge in [0.2, 0.25) is 0 Å². The van der Waals surface area contributed by atoms with Crippen molar-refractivity contribution in [2.24, 2.45) is 0 Å². The second-order valence-electron chi connectivity index (χ2n) is 10.6. The Morgan fingerprint density at radius 3 is 2.40 bits per heavy atom. The molecule has 1 aliphatic heterocycles. The quantitative estimate of drug-likeness (QED) is 0.296. The number of dihydropyridines is 1. The molecule has 2 atom stereocenters. The standard InChI is InChI=1S/C34H34ClNO4/c1-21(2)40-30-12-8-7-11-27(30)32-31(34(38)39-18-17-23-9-5-4-6-10-23)22(3)36-28-19-25(20-29(37)33(28)32)24-13-15-26(35)16-14-24/h4-16,21,25,32,36H,17-20H2,1-3H3/t25-,32+/m0/s1. The summed E-state index contributed by atoms with van der Waals surface area (Å²) in [6.45, 7) is 6.06. The molecule has 3 aromatic carbocycles. The van der Waals surface area contributed by atoms with Crippen molar-refractivity contribution in [2.75, 3.05) is 6.61 Å². The van der Waals surface area contributed by atoms with Gasteiger partial charge in [0.05, 0.1) is 24.2 Å². The molecule has 0 bridgehead atoms. The van der Waals surface area contributed by atoms with E-state index in [0.29, 0.717) is 46.9 Å². The van der Waals surface area contributed by atoms with Crippen molar-refractivity contribution >= 4 is 23.4 Å². The van der Waals surface area contributed by atoms with Gasteiger partial charge in [0.25, 0.3) is 0 Å². The van der Waals surface area contributed by atoms with E-state index < -0.39 is 11.9 Å². The van der Waals surface area contributed by atoms with Crippen LogP contribution in [0.5, 0.6) is 5.75 Å².